The van der Waals surface area contributed by atoms with Gasteiger partial charge >= 0.3 is 11.9 Å². The molecule has 0 saturated carbocycles. The standard InChI is InChI=1S/C8H6O7S.C2H6O2/c9-7(10)4-1-5(8(11)12)3-6(2-4)16(13,14)15;1-2(3)4/h1-3H,(H,9,10)(H,11,12)(H,13,14,15);2-4H,1H3. The lowest BCUT2D eigenvalue weighted by Gasteiger charge is -2.02. The van der Waals surface area contributed by atoms with Crippen molar-refractivity contribution in [3.05, 3.63) is 29.3 Å². The van der Waals surface area contributed by atoms with Gasteiger partial charge in [0.05, 0.1) is 16.0 Å². The van der Waals surface area contributed by atoms with Crippen molar-refractivity contribution in [2.24, 2.45) is 0 Å². The first-order valence-corrected chi connectivity index (χ1v) is 6.34. The molecule has 112 valence electrons. The average Bonchev–Trinajstić information content (AvgIpc) is 2.26. The Hall–Kier alpha value is -2.01. The van der Waals surface area contributed by atoms with Gasteiger partial charge in [-0.15, -0.1) is 0 Å². The van der Waals surface area contributed by atoms with Crippen molar-refractivity contribution in [3.63, 3.8) is 0 Å². The van der Waals surface area contributed by atoms with Crippen molar-refractivity contribution in [1.29, 1.82) is 0 Å². The van der Waals surface area contributed by atoms with E-state index in [9.17, 15) is 18.0 Å². The number of hydrogen-bond donors (Lipinski definition) is 5. The highest BCUT2D eigenvalue weighted by Crippen LogP contribution is 2.15. The van der Waals surface area contributed by atoms with Crippen molar-refractivity contribution < 1.29 is 43.0 Å². The monoisotopic (exact) mass is 308 g/mol. The summed E-state index contributed by atoms with van der Waals surface area (Å²) in [6.45, 7) is 1.28. The van der Waals surface area contributed by atoms with Crippen LogP contribution < -0.4 is 0 Å². The molecule has 0 fully saturated rings. The van der Waals surface area contributed by atoms with Crippen molar-refractivity contribution in [1.82, 2.24) is 0 Å². The molecular formula is C10H12O9S. The van der Waals surface area contributed by atoms with E-state index in [1.807, 2.05) is 0 Å². The van der Waals surface area contributed by atoms with E-state index in [4.69, 9.17) is 25.0 Å². The lowest BCUT2D eigenvalue weighted by molar-refractivity contribution is -0.0228. The Kier molecular flexibility index (Phi) is 6.26. The molecule has 0 saturated heterocycles. The van der Waals surface area contributed by atoms with Crippen LogP contribution in [-0.4, -0.2) is 51.6 Å². The number of hydrogen-bond acceptors (Lipinski definition) is 6. The Labute approximate surface area is 113 Å². The highest BCUT2D eigenvalue weighted by molar-refractivity contribution is 7.85. The van der Waals surface area contributed by atoms with Crippen LogP contribution >= 0.6 is 0 Å². The Morgan fingerprint density at radius 1 is 1.00 bits per heavy atom. The maximum Gasteiger partial charge on any atom is 0.335 e. The van der Waals surface area contributed by atoms with Crippen molar-refractivity contribution in [2.75, 3.05) is 0 Å². The van der Waals surface area contributed by atoms with Crippen LogP contribution in [0, 0.1) is 0 Å². The summed E-state index contributed by atoms with van der Waals surface area (Å²) in [5, 5.41) is 32.4. The highest BCUT2D eigenvalue weighted by atomic mass is 32.2. The molecule has 9 nitrogen and oxygen atoms in total. The predicted molar refractivity (Wildman–Crippen MR) is 64.1 cm³/mol. The molecule has 0 amide bonds. The molecule has 0 atom stereocenters. The topological polar surface area (TPSA) is 169 Å². The summed E-state index contributed by atoms with van der Waals surface area (Å²) >= 11 is 0. The second kappa shape index (κ2) is 6.96. The average molecular weight is 308 g/mol. The summed E-state index contributed by atoms with van der Waals surface area (Å²) in [6, 6.07) is 2.13. The van der Waals surface area contributed by atoms with Gasteiger partial charge in [-0.25, -0.2) is 9.59 Å². The number of aliphatic hydroxyl groups is 2. The number of carboxylic acids is 2. The fourth-order valence-corrected chi connectivity index (χ4v) is 1.55. The second-order valence-corrected chi connectivity index (χ2v) is 4.88. The Bertz CT molecular complexity index is 568. The zero-order valence-electron chi connectivity index (χ0n) is 10.1. The van der Waals surface area contributed by atoms with Crippen LogP contribution in [0.5, 0.6) is 0 Å². The minimum Gasteiger partial charge on any atom is -0.478 e. The number of rotatable bonds is 3. The third-order valence-corrected chi connectivity index (χ3v) is 2.53. The van der Waals surface area contributed by atoms with E-state index in [-0.39, 0.29) is 0 Å². The molecule has 0 spiro atoms. The summed E-state index contributed by atoms with van der Waals surface area (Å²) < 4.78 is 30.2. The van der Waals surface area contributed by atoms with E-state index in [1.165, 1.54) is 6.92 Å². The molecule has 20 heavy (non-hydrogen) atoms. The van der Waals surface area contributed by atoms with E-state index in [1.54, 1.807) is 0 Å². The Balaban J connectivity index is 0.000000796. The number of carboxylic acid groups (broad SMARTS) is 2. The van der Waals surface area contributed by atoms with E-state index in [0.29, 0.717) is 12.1 Å². The minimum atomic E-state index is -4.64. The van der Waals surface area contributed by atoms with Crippen LogP contribution in [0.2, 0.25) is 0 Å². The van der Waals surface area contributed by atoms with E-state index >= 15 is 0 Å². The molecule has 0 aliphatic rings. The number of aromatic carboxylic acids is 2. The van der Waals surface area contributed by atoms with Gasteiger partial charge in [0.1, 0.15) is 6.29 Å². The fraction of sp³-hybridized carbons (Fsp3) is 0.200. The summed E-state index contributed by atoms with van der Waals surface area (Å²) in [5.41, 5.74) is -1.07. The summed E-state index contributed by atoms with van der Waals surface area (Å²) in [6.07, 6.45) is -1.17. The van der Waals surface area contributed by atoms with Gasteiger partial charge in [-0.2, -0.15) is 8.42 Å². The first kappa shape index (κ1) is 18.0. The molecule has 0 aliphatic carbocycles. The fourth-order valence-electron chi connectivity index (χ4n) is 0.995. The quantitative estimate of drug-likeness (QED) is 0.369. The van der Waals surface area contributed by atoms with Gasteiger partial charge in [0.2, 0.25) is 0 Å². The maximum atomic E-state index is 10.8. The first-order valence-electron chi connectivity index (χ1n) is 4.90. The summed E-state index contributed by atoms with van der Waals surface area (Å²) in [7, 11) is -4.64. The molecule has 0 unspecified atom stereocenters. The predicted octanol–water partition coefficient (Wildman–Crippen LogP) is -0.353. The van der Waals surface area contributed by atoms with E-state index in [2.05, 4.69) is 0 Å². The third-order valence-electron chi connectivity index (χ3n) is 1.70. The normalized spacial score (nSPS) is 10.7. The van der Waals surface area contributed by atoms with Gasteiger partial charge in [0, 0.05) is 0 Å². The van der Waals surface area contributed by atoms with Crippen LogP contribution in [0.3, 0.4) is 0 Å². The van der Waals surface area contributed by atoms with Crippen LogP contribution in [0.15, 0.2) is 23.1 Å². The van der Waals surface area contributed by atoms with Crippen molar-refractivity contribution in [2.45, 2.75) is 18.1 Å². The highest BCUT2D eigenvalue weighted by Gasteiger charge is 2.17. The molecule has 1 aromatic rings. The summed E-state index contributed by atoms with van der Waals surface area (Å²) in [4.78, 5) is 20.4. The van der Waals surface area contributed by atoms with Gasteiger partial charge in [0.25, 0.3) is 10.1 Å². The largest absolute Gasteiger partial charge is 0.478 e. The third kappa shape index (κ3) is 6.24. The van der Waals surface area contributed by atoms with Crippen LogP contribution in [-0.2, 0) is 10.1 Å². The first-order chi connectivity index (χ1) is 8.95. The molecule has 1 aromatic carbocycles. The molecule has 10 heteroatoms. The SMILES string of the molecule is CC(O)O.O=C(O)c1cc(C(=O)O)cc(S(=O)(=O)O)c1. The maximum absolute atomic E-state index is 10.8. The number of aliphatic hydroxyl groups excluding tert-OH is 1. The van der Waals surface area contributed by atoms with Gasteiger partial charge in [-0.1, -0.05) is 0 Å². The molecule has 0 radical (unpaired) electrons. The molecule has 5 N–H and O–H groups in total. The molecular weight excluding hydrogens is 296 g/mol. The number of benzene rings is 1. The summed E-state index contributed by atoms with van der Waals surface area (Å²) in [5.74, 6) is -2.99. The zero-order chi connectivity index (χ0) is 16.1. The Morgan fingerprint density at radius 3 is 1.50 bits per heavy atom. The van der Waals surface area contributed by atoms with E-state index in [0.717, 1.165) is 6.07 Å². The van der Waals surface area contributed by atoms with Crippen molar-refractivity contribution in [3.8, 4) is 0 Å². The zero-order valence-corrected chi connectivity index (χ0v) is 10.9. The van der Waals surface area contributed by atoms with Crippen LogP contribution in [0.1, 0.15) is 27.6 Å². The second-order valence-electron chi connectivity index (χ2n) is 3.46. The van der Waals surface area contributed by atoms with Gasteiger partial charge in [-0.05, 0) is 25.1 Å². The van der Waals surface area contributed by atoms with Gasteiger partial charge in [0.15, 0.2) is 0 Å². The van der Waals surface area contributed by atoms with Crippen LogP contribution in [0.4, 0.5) is 0 Å². The number of carbonyl (C=O) groups is 2. The minimum absolute atomic E-state index is 0.535. The Morgan fingerprint density at radius 2 is 1.30 bits per heavy atom. The van der Waals surface area contributed by atoms with Gasteiger partial charge in [-0.3, -0.25) is 4.55 Å². The van der Waals surface area contributed by atoms with Gasteiger partial charge < -0.3 is 20.4 Å². The van der Waals surface area contributed by atoms with E-state index < -0.39 is 44.4 Å². The lowest BCUT2D eigenvalue weighted by atomic mass is 10.1. The molecule has 0 heterocycles. The van der Waals surface area contributed by atoms with Crippen molar-refractivity contribution >= 4 is 22.1 Å². The molecule has 0 aromatic heterocycles. The molecule has 0 bridgehead atoms. The smallest absolute Gasteiger partial charge is 0.335 e. The van der Waals surface area contributed by atoms with Crippen LogP contribution in [0.25, 0.3) is 0 Å². The lowest BCUT2D eigenvalue weighted by Crippen LogP contribution is -2.07. The molecule has 0 aliphatic heterocycles. The molecule has 1 rings (SSSR count).